The lowest BCUT2D eigenvalue weighted by molar-refractivity contribution is -0.118. The maximum Gasteiger partial charge on any atom is 0.147 e. The largest absolute Gasteiger partial charge is 0.298 e. The summed E-state index contributed by atoms with van der Waals surface area (Å²) < 4.78 is 14.4. The Hall–Kier alpha value is -0.220. The number of carbonyl (C=O) groups excluding carboxylic acids is 1. The fraction of sp³-hybridized carbons (Fsp3) is 0.909. The highest BCUT2D eigenvalue weighted by Gasteiger charge is 2.25. The smallest absolute Gasteiger partial charge is 0.147 e. The van der Waals surface area contributed by atoms with Crippen molar-refractivity contribution in [1.82, 2.24) is 4.72 Å². The van der Waals surface area contributed by atoms with Crippen LogP contribution in [-0.2, 0) is 15.8 Å². The summed E-state index contributed by atoms with van der Waals surface area (Å²) in [5, 5.41) is 0. The van der Waals surface area contributed by atoms with Crippen LogP contribution < -0.4 is 4.72 Å². The number of hydrogen-bond donors (Lipinski definition) is 1. The molecule has 0 fully saturated rings. The first-order valence-electron chi connectivity index (χ1n) is 5.33. The highest BCUT2D eigenvalue weighted by Crippen LogP contribution is 2.12. The minimum atomic E-state index is -1.18. The van der Waals surface area contributed by atoms with Crippen molar-refractivity contribution in [3.05, 3.63) is 0 Å². The van der Waals surface area contributed by atoms with E-state index in [4.69, 9.17) is 0 Å². The topological polar surface area (TPSA) is 46.2 Å². The van der Waals surface area contributed by atoms with Crippen LogP contribution in [0.15, 0.2) is 0 Å². The number of ketones is 1. The van der Waals surface area contributed by atoms with Crippen LogP contribution in [0.2, 0.25) is 0 Å². The molecule has 0 amide bonds. The number of carbonyl (C=O) groups is 1. The molecular formula is C11H23NO2S. The molecule has 0 aromatic carbocycles. The van der Waals surface area contributed by atoms with Gasteiger partial charge in [-0.05, 0) is 40.0 Å². The van der Waals surface area contributed by atoms with Gasteiger partial charge in [-0.25, -0.2) is 8.93 Å². The zero-order valence-corrected chi connectivity index (χ0v) is 11.4. The fourth-order valence-corrected chi connectivity index (χ4v) is 1.95. The third-order valence-electron chi connectivity index (χ3n) is 2.00. The van der Waals surface area contributed by atoms with Crippen LogP contribution in [0.3, 0.4) is 0 Å². The van der Waals surface area contributed by atoms with Crippen LogP contribution in [0.5, 0.6) is 0 Å². The predicted octanol–water partition coefficient (Wildman–Crippen LogP) is 2.04. The number of rotatable bonds is 5. The molecule has 0 aromatic heterocycles. The van der Waals surface area contributed by atoms with Gasteiger partial charge in [0.1, 0.15) is 5.78 Å². The van der Waals surface area contributed by atoms with Gasteiger partial charge >= 0.3 is 0 Å². The Labute approximate surface area is 95.6 Å². The van der Waals surface area contributed by atoms with E-state index in [2.05, 4.69) is 18.6 Å². The zero-order chi connectivity index (χ0) is 12.2. The van der Waals surface area contributed by atoms with Crippen LogP contribution in [0, 0.1) is 5.92 Å². The van der Waals surface area contributed by atoms with E-state index in [0.717, 1.165) is 6.42 Å². The first kappa shape index (κ1) is 14.8. The molecule has 0 rings (SSSR count). The molecule has 0 aliphatic rings. The molecule has 90 valence electrons. The molecule has 0 aromatic rings. The summed E-state index contributed by atoms with van der Waals surface area (Å²) in [5.74, 6) is 0.477. The van der Waals surface area contributed by atoms with E-state index in [1.54, 1.807) is 6.92 Å². The molecule has 4 heteroatoms. The SMILES string of the molecule is CC(=O)[C@@H](CC(C)C)N[S@](=O)C(C)(C)C. The van der Waals surface area contributed by atoms with Gasteiger partial charge in [0.25, 0.3) is 0 Å². The quantitative estimate of drug-likeness (QED) is 0.790. The second kappa shape index (κ2) is 5.75. The normalized spacial score (nSPS) is 16.5. The van der Waals surface area contributed by atoms with E-state index in [1.165, 1.54) is 0 Å². The second-order valence-corrected chi connectivity index (χ2v) is 7.29. The minimum Gasteiger partial charge on any atom is -0.298 e. The Morgan fingerprint density at radius 3 is 2.07 bits per heavy atom. The Bertz CT molecular complexity index is 243. The van der Waals surface area contributed by atoms with Crippen molar-refractivity contribution in [1.29, 1.82) is 0 Å². The average molecular weight is 233 g/mol. The molecule has 0 spiro atoms. The molecule has 1 N–H and O–H groups in total. The summed E-state index contributed by atoms with van der Waals surface area (Å²) in [6.45, 7) is 11.3. The highest BCUT2D eigenvalue weighted by atomic mass is 32.2. The molecule has 0 unspecified atom stereocenters. The van der Waals surface area contributed by atoms with Crippen molar-refractivity contribution in [3.63, 3.8) is 0 Å². The Kier molecular flexibility index (Phi) is 5.67. The molecule has 2 atom stereocenters. The van der Waals surface area contributed by atoms with Crippen molar-refractivity contribution in [2.45, 2.75) is 58.8 Å². The van der Waals surface area contributed by atoms with Crippen molar-refractivity contribution >= 4 is 16.8 Å². The lowest BCUT2D eigenvalue weighted by Gasteiger charge is -2.23. The average Bonchev–Trinajstić information content (AvgIpc) is 1.99. The van der Waals surface area contributed by atoms with E-state index in [9.17, 15) is 9.00 Å². The van der Waals surface area contributed by atoms with Gasteiger partial charge in [-0.3, -0.25) is 4.79 Å². The molecule has 3 nitrogen and oxygen atoms in total. The molecule has 0 saturated heterocycles. The first-order valence-corrected chi connectivity index (χ1v) is 6.48. The summed E-state index contributed by atoms with van der Waals surface area (Å²) in [6.07, 6.45) is 0.733. The Morgan fingerprint density at radius 1 is 1.33 bits per heavy atom. The Morgan fingerprint density at radius 2 is 1.80 bits per heavy atom. The summed E-state index contributed by atoms with van der Waals surface area (Å²) in [4.78, 5) is 11.3. The summed E-state index contributed by atoms with van der Waals surface area (Å²) in [7, 11) is -1.18. The van der Waals surface area contributed by atoms with Crippen LogP contribution in [0.25, 0.3) is 0 Å². The van der Waals surface area contributed by atoms with Crippen molar-refractivity contribution in [2.24, 2.45) is 5.92 Å². The van der Waals surface area contributed by atoms with E-state index >= 15 is 0 Å². The number of hydrogen-bond acceptors (Lipinski definition) is 2. The molecule has 0 aliphatic heterocycles. The van der Waals surface area contributed by atoms with E-state index in [-0.39, 0.29) is 16.6 Å². The molecule has 0 saturated carbocycles. The highest BCUT2D eigenvalue weighted by molar-refractivity contribution is 7.84. The molecular weight excluding hydrogens is 210 g/mol. The van der Waals surface area contributed by atoms with Gasteiger partial charge in [-0.15, -0.1) is 0 Å². The Balaban J connectivity index is 4.43. The van der Waals surface area contributed by atoms with Crippen molar-refractivity contribution in [3.8, 4) is 0 Å². The van der Waals surface area contributed by atoms with Gasteiger partial charge < -0.3 is 0 Å². The van der Waals surface area contributed by atoms with Crippen molar-refractivity contribution in [2.75, 3.05) is 0 Å². The minimum absolute atomic E-state index is 0.0568. The van der Waals surface area contributed by atoms with E-state index in [0.29, 0.717) is 5.92 Å². The van der Waals surface area contributed by atoms with Gasteiger partial charge in [0.15, 0.2) is 0 Å². The summed E-state index contributed by atoms with van der Waals surface area (Å²) >= 11 is 0. The van der Waals surface area contributed by atoms with E-state index < -0.39 is 11.0 Å². The third-order valence-corrected chi connectivity index (χ3v) is 3.61. The molecule has 0 heterocycles. The van der Waals surface area contributed by atoms with Crippen LogP contribution in [0.4, 0.5) is 0 Å². The van der Waals surface area contributed by atoms with Crippen molar-refractivity contribution < 1.29 is 9.00 Å². The maximum atomic E-state index is 11.8. The third kappa shape index (κ3) is 6.05. The number of Topliss-reactive ketones (excluding diaryl/α,β-unsaturated/α-hetero) is 1. The zero-order valence-electron chi connectivity index (χ0n) is 10.6. The van der Waals surface area contributed by atoms with Gasteiger partial charge in [-0.1, -0.05) is 13.8 Å². The van der Waals surface area contributed by atoms with Gasteiger partial charge in [0, 0.05) is 0 Å². The first-order chi connectivity index (χ1) is 6.64. The number of nitrogens with one attached hydrogen (secondary N) is 1. The second-order valence-electron chi connectivity index (χ2n) is 5.29. The van der Waals surface area contributed by atoms with E-state index in [1.807, 2.05) is 20.8 Å². The van der Waals surface area contributed by atoms with Crippen LogP contribution >= 0.6 is 0 Å². The van der Waals surface area contributed by atoms with Gasteiger partial charge in [0.05, 0.1) is 21.8 Å². The summed E-state index contributed by atoms with van der Waals surface area (Å²) in [5.41, 5.74) is 0. The van der Waals surface area contributed by atoms with Crippen LogP contribution in [-0.4, -0.2) is 20.8 Å². The maximum absolute atomic E-state index is 11.8. The van der Waals surface area contributed by atoms with Crippen LogP contribution in [0.1, 0.15) is 48.0 Å². The predicted molar refractivity (Wildman–Crippen MR) is 65.0 cm³/mol. The standard InChI is InChI=1S/C11H23NO2S/c1-8(2)7-10(9(3)13)12-15(14)11(4,5)6/h8,10,12H,7H2,1-6H3/t10-,15-/m1/s1. The summed E-state index contributed by atoms with van der Waals surface area (Å²) in [6, 6.07) is -0.287. The fourth-order valence-electron chi connectivity index (χ4n) is 1.07. The van der Waals surface area contributed by atoms with Gasteiger partial charge in [0.2, 0.25) is 0 Å². The molecule has 0 bridgehead atoms. The lowest BCUT2D eigenvalue weighted by Crippen LogP contribution is -2.43. The molecule has 15 heavy (non-hydrogen) atoms. The molecule has 0 aliphatic carbocycles. The monoisotopic (exact) mass is 233 g/mol. The lowest BCUT2D eigenvalue weighted by atomic mass is 10.0. The van der Waals surface area contributed by atoms with Gasteiger partial charge in [-0.2, -0.15) is 0 Å². The molecule has 0 radical (unpaired) electrons.